The van der Waals surface area contributed by atoms with Crippen LogP contribution in [-0.2, 0) is 25.7 Å². The number of carboxylic acids is 1. The number of Topliss-reactive ketones (excluding diaryl/α,β-unsaturated/α-hetero) is 1. The molecule has 0 unspecified atom stereocenters. The average Bonchev–Trinajstić information content (AvgIpc) is 3.26. The van der Waals surface area contributed by atoms with E-state index in [4.69, 9.17) is 5.11 Å². The Balaban J connectivity index is 1.67. The van der Waals surface area contributed by atoms with E-state index in [-0.39, 0.29) is 24.7 Å². The second-order valence-electron chi connectivity index (χ2n) is 7.22. The Labute approximate surface area is 174 Å². The Morgan fingerprint density at radius 2 is 1.57 bits per heavy atom. The van der Waals surface area contributed by atoms with E-state index in [0.29, 0.717) is 25.9 Å². The van der Waals surface area contributed by atoms with Crippen molar-refractivity contribution in [3.05, 3.63) is 66.2 Å². The third kappa shape index (κ3) is 5.11. The molecule has 2 aromatic carbocycles. The number of carbonyl (C=O) groups excluding carboxylic acids is 3. The number of amides is 2. The number of hydrogen-bond donors (Lipinski definition) is 1. The molecule has 2 amide bonds. The fourth-order valence-corrected chi connectivity index (χ4v) is 3.67. The van der Waals surface area contributed by atoms with Gasteiger partial charge in [-0.05, 0) is 30.5 Å². The predicted molar refractivity (Wildman–Crippen MR) is 111 cm³/mol. The van der Waals surface area contributed by atoms with Crippen molar-refractivity contribution in [3.8, 4) is 0 Å². The van der Waals surface area contributed by atoms with Crippen molar-refractivity contribution in [2.75, 3.05) is 11.4 Å². The minimum absolute atomic E-state index is 0.0228. The molecule has 1 saturated heterocycles. The van der Waals surface area contributed by atoms with Gasteiger partial charge in [0, 0.05) is 25.1 Å². The molecular weight excluding hydrogens is 384 g/mol. The lowest BCUT2D eigenvalue weighted by Crippen LogP contribution is -2.43. The summed E-state index contributed by atoms with van der Waals surface area (Å²) in [5.74, 6) is -3.08. The largest absolute Gasteiger partial charge is 0.475 e. The molecule has 7 heteroatoms. The first-order valence-corrected chi connectivity index (χ1v) is 9.93. The van der Waals surface area contributed by atoms with Crippen LogP contribution in [0.2, 0.25) is 0 Å². The highest BCUT2D eigenvalue weighted by molar-refractivity contribution is 6.35. The molecule has 1 aliphatic rings. The number of hydrogen-bond acceptors (Lipinski definition) is 4. The second-order valence-corrected chi connectivity index (χ2v) is 7.22. The van der Waals surface area contributed by atoms with Crippen LogP contribution in [0.3, 0.4) is 0 Å². The third-order valence-corrected chi connectivity index (χ3v) is 5.19. The van der Waals surface area contributed by atoms with Gasteiger partial charge in [-0.1, -0.05) is 48.5 Å². The minimum atomic E-state index is -1.53. The fourth-order valence-electron chi connectivity index (χ4n) is 3.67. The van der Waals surface area contributed by atoms with E-state index in [1.54, 1.807) is 4.90 Å². The number of para-hydroxylation sites is 1. The summed E-state index contributed by atoms with van der Waals surface area (Å²) >= 11 is 0. The Bertz CT molecular complexity index is 914. The molecule has 7 nitrogen and oxygen atoms in total. The van der Waals surface area contributed by atoms with Crippen LogP contribution in [-0.4, -0.2) is 46.2 Å². The Hall–Kier alpha value is -3.48. The van der Waals surface area contributed by atoms with Gasteiger partial charge in [0.05, 0.1) is 6.54 Å². The van der Waals surface area contributed by atoms with Gasteiger partial charge >= 0.3 is 5.97 Å². The number of carbonyl (C=O) groups is 4. The average molecular weight is 408 g/mol. The van der Waals surface area contributed by atoms with Gasteiger partial charge in [-0.15, -0.1) is 0 Å². The zero-order valence-corrected chi connectivity index (χ0v) is 16.6. The molecule has 156 valence electrons. The Morgan fingerprint density at radius 1 is 0.933 bits per heavy atom. The number of carboxylic acid groups (broad SMARTS) is 1. The summed E-state index contributed by atoms with van der Waals surface area (Å²) in [6.45, 7) is 0.713. The zero-order valence-electron chi connectivity index (χ0n) is 16.6. The van der Waals surface area contributed by atoms with Crippen molar-refractivity contribution in [1.82, 2.24) is 4.90 Å². The van der Waals surface area contributed by atoms with Gasteiger partial charge in [-0.2, -0.15) is 0 Å². The smallest absolute Gasteiger partial charge is 0.374 e. The van der Waals surface area contributed by atoms with E-state index in [2.05, 4.69) is 0 Å². The van der Waals surface area contributed by atoms with Gasteiger partial charge in [-0.3, -0.25) is 14.4 Å². The molecular formula is C23H24N2O5. The number of nitrogens with zero attached hydrogens (tertiary/aromatic N) is 2. The summed E-state index contributed by atoms with van der Waals surface area (Å²) in [5, 5.41) is 8.95. The van der Waals surface area contributed by atoms with E-state index in [0.717, 1.165) is 11.3 Å². The quantitative estimate of drug-likeness (QED) is 0.678. The van der Waals surface area contributed by atoms with Crippen LogP contribution >= 0.6 is 0 Å². The first-order valence-electron chi connectivity index (χ1n) is 9.93. The van der Waals surface area contributed by atoms with Gasteiger partial charge in [0.15, 0.2) is 0 Å². The third-order valence-electron chi connectivity index (χ3n) is 5.19. The van der Waals surface area contributed by atoms with Gasteiger partial charge in [0.1, 0.15) is 6.04 Å². The molecule has 0 aromatic heterocycles. The molecule has 0 bridgehead atoms. The van der Waals surface area contributed by atoms with Crippen LogP contribution in [0.4, 0.5) is 5.69 Å². The Morgan fingerprint density at radius 3 is 2.20 bits per heavy atom. The first kappa shape index (κ1) is 21.2. The fraction of sp³-hybridized carbons (Fsp3) is 0.304. The summed E-state index contributed by atoms with van der Waals surface area (Å²) in [4.78, 5) is 51.3. The maximum absolute atomic E-state index is 13.0. The Kier molecular flexibility index (Phi) is 6.95. The molecule has 1 fully saturated rings. The van der Waals surface area contributed by atoms with Crippen molar-refractivity contribution < 1.29 is 24.3 Å². The summed E-state index contributed by atoms with van der Waals surface area (Å²) < 4.78 is 0. The van der Waals surface area contributed by atoms with E-state index in [1.165, 1.54) is 4.90 Å². The number of aliphatic carboxylic acids is 1. The van der Waals surface area contributed by atoms with Crippen LogP contribution in [0.25, 0.3) is 0 Å². The van der Waals surface area contributed by atoms with Crippen LogP contribution in [0.5, 0.6) is 0 Å². The first-order chi connectivity index (χ1) is 14.5. The van der Waals surface area contributed by atoms with Gasteiger partial charge in [-0.25, -0.2) is 4.79 Å². The number of benzene rings is 2. The molecule has 3 rings (SSSR count). The maximum atomic E-state index is 13.0. The van der Waals surface area contributed by atoms with Crippen molar-refractivity contribution in [1.29, 1.82) is 0 Å². The van der Waals surface area contributed by atoms with Crippen LogP contribution < -0.4 is 4.90 Å². The van der Waals surface area contributed by atoms with Gasteiger partial charge < -0.3 is 14.9 Å². The van der Waals surface area contributed by atoms with Crippen molar-refractivity contribution >= 4 is 29.3 Å². The molecule has 1 atom stereocenters. The standard InChI is InChI=1S/C23H24N2O5/c26-20(24-15-7-12-19(24)22(28)23(29)30)13-14-21(27)25(18-10-5-2-6-11-18)16-17-8-3-1-4-9-17/h1-6,8-11,19H,7,12-16H2,(H,29,30)/t19-/m0/s1. The van der Waals surface area contributed by atoms with Crippen LogP contribution in [0.1, 0.15) is 31.2 Å². The highest BCUT2D eigenvalue weighted by Gasteiger charge is 2.37. The van der Waals surface area contributed by atoms with E-state index >= 15 is 0 Å². The highest BCUT2D eigenvalue weighted by atomic mass is 16.4. The SMILES string of the molecule is O=C(O)C(=O)[C@@H]1CCCN1C(=O)CCC(=O)N(Cc1ccccc1)c1ccccc1. The van der Waals surface area contributed by atoms with E-state index in [1.807, 2.05) is 60.7 Å². The van der Waals surface area contributed by atoms with E-state index < -0.39 is 17.8 Å². The van der Waals surface area contributed by atoms with Gasteiger partial charge in [0.2, 0.25) is 11.8 Å². The lowest BCUT2D eigenvalue weighted by atomic mass is 10.1. The second kappa shape index (κ2) is 9.82. The van der Waals surface area contributed by atoms with Crippen molar-refractivity contribution in [2.45, 2.75) is 38.3 Å². The van der Waals surface area contributed by atoms with Gasteiger partial charge in [0.25, 0.3) is 5.78 Å². The molecule has 30 heavy (non-hydrogen) atoms. The topological polar surface area (TPSA) is 95.0 Å². The summed E-state index contributed by atoms with van der Waals surface area (Å²) in [6, 6.07) is 17.9. The van der Waals surface area contributed by atoms with Crippen LogP contribution in [0, 0.1) is 0 Å². The molecule has 1 heterocycles. The summed E-state index contributed by atoms with van der Waals surface area (Å²) in [6.07, 6.45) is 0.827. The zero-order chi connectivity index (χ0) is 21.5. The predicted octanol–water partition coefficient (Wildman–Crippen LogP) is 2.64. The lowest BCUT2D eigenvalue weighted by Gasteiger charge is -2.25. The molecule has 2 aromatic rings. The lowest BCUT2D eigenvalue weighted by molar-refractivity contribution is -0.152. The van der Waals surface area contributed by atoms with Crippen molar-refractivity contribution in [3.63, 3.8) is 0 Å². The summed E-state index contributed by atoms with van der Waals surface area (Å²) in [7, 11) is 0. The molecule has 0 aliphatic carbocycles. The molecule has 0 saturated carbocycles. The minimum Gasteiger partial charge on any atom is -0.475 e. The number of likely N-dealkylation sites (tertiary alicyclic amines) is 1. The normalized spacial score (nSPS) is 15.6. The monoisotopic (exact) mass is 408 g/mol. The van der Waals surface area contributed by atoms with Crippen LogP contribution in [0.15, 0.2) is 60.7 Å². The maximum Gasteiger partial charge on any atom is 0.374 e. The number of anilines is 1. The molecule has 1 aliphatic heterocycles. The molecule has 0 radical (unpaired) electrons. The highest BCUT2D eigenvalue weighted by Crippen LogP contribution is 2.22. The molecule has 0 spiro atoms. The summed E-state index contributed by atoms with van der Waals surface area (Å²) in [5.41, 5.74) is 1.70. The number of ketones is 1. The van der Waals surface area contributed by atoms with E-state index in [9.17, 15) is 19.2 Å². The number of rotatable bonds is 8. The van der Waals surface area contributed by atoms with Crippen molar-refractivity contribution in [2.24, 2.45) is 0 Å². The molecule has 1 N–H and O–H groups in total.